The van der Waals surface area contributed by atoms with Crippen molar-refractivity contribution < 1.29 is 23.4 Å². The average Bonchev–Trinajstić information content (AvgIpc) is 2.52. The van der Waals surface area contributed by atoms with Gasteiger partial charge < -0.3 is 9.84 Å². The van der Waals surface area contributed by atoms with Crippen LogP contribution in [0.5, 0.6) is 0 Å². The van der Waals surface area contributed by atoms with E-state index >= 15 is 0 Å². The van der Waals surface area contributed by atoms with Crippen molar-refractivity contribution in [2.75, 3.05) is 5.32 Å². The predicted molar refractivity (Wildman–Crippen MR) is 98.4 cm³/mol. The second-order valence-electron chi connectivity index (χ2n) is 7.85. The van der Waals surface area contributed by atoms with E-state index in [0.717, 1.165) is 12.1 Å². The van der Waals surface area contributed by atoms with Gasteiger partial charge in [-0.25, -0.2) is 13.6 Å². The second kappa shape index (κ2) is 7.60. The zero-order chi connectivity index (χ0) is 20.4. The lowest BCUT2D eigenvalue weighted by Crippen LogP contribution is -2.29. The number of nitrogens with zero attached hydrogens (tertiary/aromatic N) is 1. The lowest BCUT2D eigenvalue weighted by molar-refractivity contribution is 0.0636. The summed E-state index contributed by atoms with van der Waals surface area (Å²) in [6.07, 6.45) is -0.390. The van der Waals surface area contributed by atoms with Crippen LogP contribution >= 0.6 is 0 Å². The van der Waals surface area contributed by atoms with Gasteiger partial charge >= 0.3 is 6.09 Å². The maximum absolute atomic E-state index is 14.1. The molecular formula is C20H24F2N2O3. The number of aromatic nitrogens is 1. The van der Waals surface area contributed by atoms with E-state index in [-0.39, 0.29) is 5.56 Å². The van der Waals surface area contributed by atoms with Gasteiger partial charge in [0.15, 0.2) is 0 Å². The van der Waals surface area contributed by atoms with Crippen LogP contribution in [0.25, 0.3) is 0 Å². The number of benzene rings is 1. The van der Waals surface area contributed by atoms with E-state index in [1.54, 1.807) is 40.7 Å². The fourth-order valence-electron chi connectivity index (χ4n) is 2.59. The number of halogens is 2. The van der Waals surface area contributed by atoms with Crippen LogP contribution < -0.4 is 5.32 Å². The van der Waals surface area contributed by atoms with Crippen molar-refractivity contribution >= 4 is 11.8 Å². The summed E-state index contributed by atoms with van der Waals surface area (Å²) >= 11 is 0. The van der Waals surface area contributed by atoms with Crippen molar-refractivity contribution in [3.05, 3.63) is 59.4 Å². The molecule has 2 rings (SSSR count). The van der Waals surface area contributed by atoms with E-state index in [1.807, 2.05) is 0 Å². The number of carbonyl (C=O) groups is 1. The summed E-state index contributed by atoms with van der Waals surface area (Å²) in [4.78, 5) is 15.9. The Morgan fingerprint density at radius 1 is 1.15 bits per heavy atom. The number of nitrogens with one attached hydrogen (secondary N) is 1. The maximum atomic E-state index is 14.1. The molecule has 0 aliphatic rings. The first-order valence-electron chi connectivity index (χ1n) is 8.50. The minimum absolute atomic E-state index is 0.175. The van der Waals surface area contributed by atoms with Gasteiger partial charge in [-0.3, -0.25) is 10.3 Å². The molecule has 2 N–H and O–H groups in total. The van der Waals surface area contributed by atoms with Crippen LogP contribution in [0.4, 0.5) is 19.3 Å². The summed E-state index contributed by atoms with van der Waals surface area (Å²) in [6.45, 7) is 8.54. The molecule has 0 radical (unpaired) electrons. The Morgan fingerprint density at radius 3 is 2.33 bits per heavy atom. The van der Waals surface area contributed by atoms with Gasteiger partial charge in [0.2, 0.25) is 0 Å². The summed E-state index contributed by atoms with van der Waals surface area (Å²) in [5.74, 6) is -1.42. The van der Waals surface area contributed by atoms with Gasteiger partial charge in [-0.2, -0.15) is 0 Å². The summed E-state index contributed by atoms with van der Waals surface area (Å²) in [7, 11) is 0. The number of hydrogen-bond acceptors (Lipinski definition) is 4. The first-order chi connectivity index (χ1) is 12.4. The lowest BCUT2D eigenvalue weighted by atomic mass is 9.77. The quantitative estimate of drug-likeness (QED) is 0.808. The van der Waals surface area contributed by atoms with Crippen molar-refractivity contribution in [3.63, 3.8) is 0 Å². The number of rotatable bonds is 4. The van der Waals surface area contributed by atoms with Gasteiger partial charge in [-0.1, -0.05) is 19.9 Å². The molecule has 27 heavy (non-hydrogen) atoms. The molecule has 0 fully saturated rings. The standard InChI is InChI=1S/C20H24F2N2O3/c1-19(2,3)27-18(26)24-13-7-9-16(23-11-13)17(25)20(4,5)14-8-6-12(21)10-15(14)22/h6-11,17,25H,1-5H3,(H,24,26). The monoisotopic (exact) mass is 378 g/mol. The van der Waals surface area contributed by atoms with Crippen molar-refractivity contribution in [2.45, 2.75) is 51.7 Å². The maximum Gasteiger partial charge on any atom is 0.412 e. The molecule has 2 aromatic rings. The molecule has 0 spiro atoms. The van der Waals surface area contributed by atoms with E-state index in [1.165, 1.54) is 18.3 Å². The minimum Gasteiger partial charge on any atom is -0.444 e. The fourth-order valence-corrected chi connectivity index (χ4v) is 2.59. The minimum atomic E-state index is -1.15. The molecule has 1 amide bonds. The molecular weight excluding hydrogens is 354 g/mol. The summed E-state index contributed by atoms with van der Waals surface area (Å²) in [5.41, 5.74) is -0.819. The van der Waals surface area contributed by atoms with Crippen LogP contribution in [-0.2, 0) is 10.2 Å². The topological polar surface area (TPSA) is 71.5 Å². The Bertz CT molecular complexity index is 815. The zero-order valence-corrected chi connectivity index (χ0v) is 16.0. The number of hydrogen-bond donors (Lipinski definition) is 2. The van der Waals surface area contributed by atoms with E-state index in [9.17, 15) is 18.7 Å². The Balaban J connectivity index is 2.17. The summed E-state index contributed by atoms with van der Waals surface area (Å²) in [6, 6.07) is 6.33. The molecule has 0 aliphatic heterocycles. The van der Waals surface area contributed by atoms with E-state index in [2.05, 4.69) is 10.3 Å². The molecule has 0 saturated carbocycles. The number of amides is 1. The molecule has 0 saturated heterocycles. The first kappa shape index (κ1) is 20.8. The molecule has 146 valence electrons. The Morgan fingerprint density at radius 2 is 1.81 bits per heavy atom. The molecule has 0 aliphatic carbocycles. The van der Waals surface area contributed by atoms with Crippen molar-refractivity contribution in [1.29, 1.82) is 0 Å². The third kappa shape index (κ3) is 5.23. The average molecular weight is 378 g/mol. The molecule has 1 aromatic carbocycles. The van der Waals surface area contributed by atoms with Crippen LogP contribution in [0.15, 0.2) is 36.5 Å². The molecule has 1 atom stereocenters. The highest BCUT2D eigenvalue weighted by Gasteiger charge is 2.34. The molecule has 0 bridgehead atoms. The van der Waals surface area contributed by atoms with Gasteiger partial charge in [0.05, 0.1) is 17.6 Å². The number of ether oxygens (including phenoxy) is 1. The van der Waals surface area contributed by atoms with Gasteiger partial charge in [0, 0.05) is 11.5 Å². The van der Waals surface area contributed by atoms with Crippen molar-refractivity contribution in [2.24, 2.45) is 0 Å². The van der Waals surface area contributed by atoms with Crippen LogP contribution in [0.2, 0.25) is 0 Å². The summed E-state index contributed by atoms with van der Waals surface area (Å²) in [5, 5.41) is 13.2. The largest absolute Gasteiger partial charge is 0.444 e. The highest BCUT2D eigenvalue weighted by atomic mass is 19.1. The molecule has 1 unspecified atom stereocenters. The molecule has 1 aromatic heterocycles. The van der Waals surface area contributed by atoms with Gasteiger partial charge in [-0.05, 0) is 44.5 Å². The predicted octanol–water partition coefficient (Wildman–Crippen LogP) is 4.72. The lowest BCUT2D eigenvalue weighted by Gasteiger charge is -2.31. The number of carbonyl (C=O) groups excluding carboxylic acids is 1. The highest BCUT2D eigenvalue weighted by molar-refractivity contribution is 5.84. The van der Waals surface area contributed by atoms with Crippen LogP contribution in [0.3, 0.4) is 0 Å². The van der Waals surface area contributed by atoms with Crippen LogP contribution in [0.1, 0.15) is 52.0 Å². The smallest absolute Gasteiger partial charge is 0.412 e. The molecule has 5 nitrogen and oxygen atoms in total. The number of anilines is 1. The Kier molecular flexibility index (Phi) is 5.85. The van der Waals surface area contributed by atoms with E-state index in [4.69, 9.17) is 4.74 Å². The number of pyridine rings is 1. The number of aliphatic hydroxyl groups is 1. The van der Waals surface area contributed by atoms with E-state index in [0.29, 0.717) is 11.4 Å². The fraction of sp³-hybridized carbons (Fsp3) is 0.400. The Hall–Kier alpha value is -2.54. The normalized spacial score (nSPS) is 13.2. The molecule has 7 heteroatoms. The second-order valence-corrected chi connectivity index (χ2v) is 7.85. The summed E-state index contributed by atoms with van der Waals surface area (Å²) < 4.78 is 32.4. The van der Waals surface area contributed by atoms with Gasteiger partial charge in [0.1, 0.15) is 23.3 Å². The number of aliphatic hydroxyl groups excluding tert-OH is 1. The van der Waals surface area contributed by atoms with Gasteiger partial charge in [0.25, 0.3) is 0 Å². The van der Waals surface area contributed by atoms with Gasteiger partial charge in [-0.15, -0.1) is 0 Å². The highest BCUT2D eigenvalue weighted by Crippen LogP contribution is 2.37. The third-order valence-electron chi connectivity index (χ3n) is 4.02. The van der Waals surface area contributed by atoms with Crippen LogP contribution in [-0.4, -0.2) is 21.8 Å². The van der Waals surface area contributed by atoms with Crippen molar-refractivity contribution in [3.8, 4) is 0 Å². The van der Waals surface area contributed by atoms with Crippen LogP contribution in [0, 0.1) is 11.6 Å². The van der Waals surface area contributed by atoms with Crippen molar-refractivity contribution in [1.82, 2.24) is 4.98 Å². The Labute approximate surface area is 157 Å². The third-order valence-corrected chi connectivity index (χ3v) is 4.02. The first-order valence-corrected chi connectivity index (χ1v) is 8.50. The SMILES string of the molecule is CC(C)(C)OC(=O)Nc1ccc(C(O)C(C)(C)c2ccc(F)cc2F)nc1. The zero-order valence-electron chi connectivity index (χ0n) is 16.0. The molecule has 1 heterocycles. The van der Waals surface area contributed by atoms with E-state index < -0.39 is 34.8 Å².